The Bertz CT molecular complexity index is 887. The lowest BCUT2D eigenvalue weighted by Crippen LogP contribution is -2.47. The molecule has 1 heterocycles. The van der Waals surface area contributed by atoms with Gasteiger partial charge in [0, 0.05) is 38.4 Å². The number of nitrogens with one attached hydrogen (secondary N) is 1. The molecular weight excluding hydrogens is 443 g/mol. The van der Waals surface area contributed by atoms with E-state index in [4.69, 9.17) is 16.3 Å². The van der Waals surface area contributed by atoms with Crippen LogP contribution < -0.4 is 15.0 Å². The average molecular weight is 470 g/mol. The van der Waals surface area contributed by atoms with Crippen LogP contribution in [-0.2, 0) is 11.0 Å². The number of ether oxygens (including phenoxy) is 1. The molecule has 2 aromatic carbocycles. The van der Waals surface area contributed by atoms with Crippen molar-refractivity contribution in [2.75, 3.05) is 50.8 Å². The van der Waals surface area contributed by atoms with Crippen molar-refractivity contribution in [1.82, 2.24) is 10.2 Å². The van der Waals surface area contributed by atoms with Crippen molar-refractivity contribution in [3.63, 3.8) is 0 Å². The van der Waals surface area contributed by atoms with Crippen molar-refractivity contribution in [3.8, 4) is 5.75 Å². The van der Waals surface area contributed by atoms with Crippen LogP contribution in [0.5, 0.6) is 5.75 Å². The Morgan fingerprint density at radius 2 is 1.81 bits per heavy atom. The van der Waals surface area contributed by atoms with Gasteiger partial charge < -0.3 is 15.0 Å². The number of amides is 1. The number of nitrogens with zero attached hydrogens (tertiary/aromatic N) is 2. The molecule has 0 radical (unpaired) electrons. The van der Waals surface area contributed by atoms with E-state index in [0.717, 1.165) is 32.1 Å². The Morgan fingerprint density at radius 3 is 2.53 bits per heavy atom. The van der Waals surface area contributed by atoms with Gasteiger partial charge >= 0.3 is 6.18 Å². The molecule has 1 saturated heterocycles. The van der Waals surface area contributed by atoms with Crippen molar-refractivity contribution < 1.29 is 22.7 Å². The molecule has 0 saturated carbocycles. The van der Waals surface area contributed by atoms with Gasteiger partial charge in [-0.3, -0.25) is 9.69 Å². The molecule has 9 heteroatoms. The molecular formula is C23H27ClF3N3O2. The van der Waals surface area contributed by atoms with Gasteiger partial charge in [-0.05, 0) is 43.3 Å². The molecule has 1 aliphatic heterocycles. The van der Waals surface area contributed by atoms with Crippen LogP contribution in [0.2, 0.25) is 5.02 Å². The highest BCUT2D eigenvalue weighted by molar-refractivity contribution is 6.32. The number of benzene rings is 2. The molecule has 0 aliphatic carbocycles. The van der Waals surface area contributed by atoms with Crippen molar-refractivity contribution >= 4 is 23.2 Å². The lowest BCUT2D eigenvalue weighted by Gasteiger charge is -2.36. The molecule has 1 aliphatic rings. The van der Waals surface area contributed by atoms with Gasteiger partial charge in [0.15, 0.2) is 0 Å². The number of hydrogen-bond acceptors (Lipinski definition) is 4. The molecule has 1 amide bonds. The summed E-state index contributed by atoms with van der Waals surface area (Å²) in [6, 6.07) is 12.6. The molecule has 5 nitrogen and oxygen atoms in total. The molecule has 0 unspecified atom stereocenters. The van der Waals surface area contributed by atoms with Gasteiger partial charge in [-0.25, -0.2) is 0 Å². The smallest absolute Gasteiger partial charge is 0.416 e. The minimum absolute atomic E-state index is 0.0774. The fourth-order valence-electron chi connectivity index (χ4n) is 3.54. The van der Waals surface area contributed by atoms with E-state index in [0.29, 0.717) is 36.1 Å². The fourth-order valence-corrected chi connectivity index (χ4v) is 3.73. The van der Waals surface area contributed by atoms with E-state index in [9.17, 15) is 18.0 Å². The van der Waals surface area contributed by atoms with Gasteiger partial charge in [0.2, 0.25) is 5.91 Å². The third-order valence-electron chi connectivity index (χ3n) is 5.31. The number of carbonyl (C=O) groups is 1. The van der Waals surface area contributed by atoms with Crippen LogP contribution in [0.25, 0.3) is 0 Å². The molecule has 2 aromatic rings. The Balaban J connectivity index is 1.29. The maximum atomic E-state index is 12.9. The zero-order chi connectivity index (χ0) is 23.0. The number of hydrogen-bond donors (Lipinski definition) is 1. The molecule has 0 atom stereocenters. The second-order valence-corrected chi connectivity index (χ2v) is 8.02. The summed E-state index contributed by atoms with van der Waals surface area (Å²) in [6.45, 7) is 4.55. The monoisotopic (exact) mass is 469 g/mol. The van der Waals surface area contributed by atoms with Crippen molar-refractivity contribution in [1.29, 1.82) is 0 Å². The summed E-state index contributed by atoms with van der Waals surface area (Å²) in [5.41, 5.74) is -0.0174. The number of anilines is 1. The summed E-state index contributed by atoms with van der Waals surface area (Å²) < 4.78 is 44.3. The highest BCUT2D eigenvalue weighted by Crippen LogP contribution is 2.31. The second kappa shape index (κ2) is 11.4. The summed E-state index contributed by atoms with van der Waals surface area (Å²) in [5.74, 6) is 0.484. The Labute approximate surface area is 191 Å². The summed E-state index contributed by atoms with van der Waals surface area (Å²) in [5, 5.41) is 3.40. The van der Waals surface area contributed by atoms with Gasteiger partial charge in [0.25, 0.3) is 0 Å². The fraction of sp³-hybridized carbons (Fsp3) is 0.435. The summed E-state index contributed by atoms with van der Waals surface area (Å²) in [7, 11) is 0. The van der Waals surface area contributed by atoms with E-state index in [1.165, 1.54) is 12.1 Å². The van der Waals surface area contributed by atoms with Crippen LogP contribution in [0.15, 0.2) is 48.5 Å². The quantitative estimate of drug-likeness (QED) is 0.551. The minimum atomic E-state index is -4.33. The number of para-hydroxylation sites is 1. The van der Waals surface area contributed by atoms with Crippen LogP contribution >= 0.6 is 11.6 Å². The van der Waals surface area contributed by atoms with Crippen LogP contribution in [0.3, 0.4) is 0 Å². The number of halogens is 4. The Kier molecular flexibility index (Phi) is 8.64. The molecule has 0 spiro atoms. The molecule has 32 heavy (non-hydrogen) atoms. The van der Waals surface area contributed by atoms with Crippen molar-refractivity contribution in [2.24, 2.45) is 0 Å². The number of piperazine rings is 1. The zero-order valence-electron chi connectivity index (χ0n) is 17.7. The van der Waals surface area contributed by atoms with Crippen LogP contribution in [-0.4, -0.2) is 56.7 Å². The predicted octanol–water partition coefficient (Wildman–Crippen LogP) is 4.46. The predicted molar refractivity (Wildman–Crippen MR) is 119 cm³/mol. The third kappa shape index (κ3) is 7.31. The van der Waals surface area contributed by atoms with Crippen LogP contribution in [0, 0.1) is 0 Å². The van der Waals surface area contributed by atoms with Gasteiger partial charge in [0.05, 0.1) is 23.6 Å². The summed E-state index contributed by atoms with van der Waals surface area (Å²) in [4.78, 5) is 16.2. The van der Waals surface area contributed by atoms with E-state index in [1.807, 2.05) is 17.0 Å². The van der Waals surface area contributed by atoms with E-state index in [2.05, 4.69) is 10.2 Å². The van der Waals surface area contributed by atoms with Gasteiger partial charge in [0.1, 0.15) is 5.75 Å². The topological polar surface area (TPSA) is 44.8 Å². The van der Waals surface area contributed by atoms with Crippen molar-refractivity contribution in [3.05, 3.63) is 59.1 Å². The Hall–Kier alpha value is -2.45. The van der Waals surface area contributed by atoms with E-state index in [1.54, 1.807) is 18.2 Å². The minimum Gasteiger partial charge on any atom is -0.491 e. The van der Waals surface area contributed by atoms with Crippen LogP contribution in [0.1, 0.15) is 18.4 Å². The largest absolute Gasteiger partial charge is 0.491 e. The van der Waals surface area contributed by atoms with E-state index in [-0.39, 0.29) is 18.9 Å². The summed E-state index contributed by atoms with van der Waals surface area (Å²) in [6.07, 6.45) is -3.27. The first-order chi connectivity index (χ1) is 15.3. The first kappa shape index (κ1) is 24.2. The molecule has 1 fully saturated rings. The Morgan fingerprint density at radius 1 is 1.06 bits per heavy atom. The SMILES string of the molecule is O=C(CCOc1ccccc1Cl)NCCCN1CCN(c2cccc(C(F)(F)F)c2)CC1. The first-order valence-electron chi connectivity index (χ1n) is 10.6. The zero-order valence-corrected chi connectivity index (χ0v) is 18.5. The van der Waals surface area contributed by atoms with Gasteiger partial charge in [-0.1, -0.05) is 29.8 Å². The number of rotatable bonds is 9. The van der Waals surface area contributed by atoms with E-state index < -0.39 is 11.7 Å². The number of alkyl halides is 3. The summed E-state index contributed by atoms with van der Waals surface area (Å²) >= 11 is 6.01. The first-order valence-corrected chi connectivity index (χ1v) is 11.0. The average Bonchev–Trinajstić information content (AvgIpc) is 2.78. The maximum Gasteiger partial charge on any atom is 0.416 e. The molecule has 0 aromatic heterocycles. The second-order valence-electron chi connectivity index (χ2n) is 7.61. The molecule has 0 bridgehead atoms. The number of carbonyl (C=O) groups excluding carboxylic acids is 1. The van der Waals surface area contributed by atoms with Crippen LogP contribution in [0.4, 0.5) is 18.9 Å². The maximum absolute atomic E-state index is 12.9. The van der Waals surface area contributed by atoms with Gasteiger partial charge in [-0.2, -0.15) is 13.2 Å². The van der Waals surface area contributed by atoms with E-state index >= 15 is 0 Å². The lowest BCUT2D eigenvalue weighted by atomic mass is 10.1. The third-order valence-corrected chi connectivity index (χ3v) is 5.62. The normalized spacial score (nSPS) is 14.9. The molecule has 174 valence electrons. The standard InChI is InChI=1S/C23H27ClF3N3O2/c24-20-7-1-2-8-21(20)32-16-9-22(31)28-10-4-11-29-12-14-30(15-13-29)19-6-3-5-18(17-19)23(25,26)27/h1-3,5-8,17H,4,9-16H2,(H,28,31). The molecule has 1 N–H and O–H groups in total. The lowest BCUT2D eigenvalue weighted by molar-refractivity contribution is -0.137. The van der Waals surface area contributed by atoms with Crippen molar-refractivity contribution in [2.45, 2.75) is 19.0 Å². The van der Waals surface area contributed by atoms with Gasteiger partial charge in [-0.15, -0.1) is 0 Å². The highest BCUT2D eigenvalue weighted by Gasteiger charge is 2.31. The molecule has 3 rings (SSSR count). The highest BCUT2D eigenvalue weighted by atomic mass is 35.5.